The Hall–Kier alpha value is -3.60. The van der Waals surface area contributed by atoms with Gasteiger partial charge in [-0.2, -0.15) is 0 Å². The van der Waals surface area contributed by atoms with Crippen LogP contribution in [-0.4, -0.2) is 108 Å². The van der Waals surface area contributed by atoms with Gasteiger partial charge in [0.15, 0.2) is 23.3 Å². The molecule has 12 nitrogen and oxygen atoms in total. The van der Waals surface area contributed by atoms with Crippen LogP contribution in [0.2, 0.25) is 5.02 Å². The van der Waals surface area contributed by atoms with Crippen LogP contribution >= 0.6 is 11.6 Å². The molecule has 4 heterocycles. The Kier molecular flexibility index (Phi) is 8.59. The average Bonchev–Trinajstić information content (AvgIpc) is 3.69. The minimum absolute atomic E-state index is 0.0104. The number of nitrogens with zero attached hydrogens (tertiary/aromatic N) is 8. The maximum Gasteiger partial charge on any atom is 0.194 e. The molecule has 2 fully saturated rings. The van der Waals surface area contributed by atoms with Crippen molar-refractivity contribution in [3.05, 3.63) is 71.2 Å². The van der Waals surface area contributed by atoms with Crippen LogP contribution in [0.1, 0.15) is 24.4 Å². The number of piperazine rings is 1. The van der Waals surface area contributed by atoms with Crippen molar-refractivity contribution in [2.24, 2.45) is 0 Å². The van der Waals surface area contributed by atoms with Crippen LogP contribution in [0.5, 0.6) is 0 Å². The fourth-order valence-corrected chi connectivity index (χ4v) is 5.98. The zero-order valence-corrected chi connectivity index (χ0v) is 24.3. The fraction of sp³-hybridized carbons (Fsp3) is 0.429. The number of aromatic nitrogens is 6. The third-order valence-electron chi connectivity index (χ3n) is 8.10. The third kappa shape index (κ3) is 5.66. The Balaban J connectivity index is 1.31. The molecular weight excluding hydrogens is 605 g/mol. The summed E-state index contributed by atoms with van der Waals surface area (Å²) in [5.74, 6) is -4.23. The second-order valence-corrected chi connectivity index (χ2v) is 11.3. The van der Waals surface area contributed by atoms with E-state index in [2.05, 4.69) is 37.4 Å². The molecular formula is C28H30ClF3N8O4. The van der Waals surface area contributed by atoms with E-state index in [1.165, 1.54) is 12.5 Å². The van der Waals surface area contributed by atoms with E-state index < -0.39 is 47.9 Å². The second-order valence-electron chi connectivity index (χ2n) is 10.9. The molecule has 0 saturated carbocycles. The maximum absolute atomic E-state index is 13.9. The van der Waals surface area contributed by atoms with Crippen molar-refractivity contribution in [1.82, 2.24) is 34.7 Å². The van der Waals surface area contributed by atoms with Gasteiger partial charge < -0.3 is 29.9 Å². The van der Waals surface area contributed by atoms with Crippen LogP contribution in [-0.2, 0) is 4.74 Å². The molecule has 2 aliphatic rings. The SMILES string of the molecule is CN1CCN(c2ccc(-n3cnnc3[C@@H]3O[C@H](CCO)[C@H](O)[C@H](n4cc(-c5cc(F)c(F)c(F)c5)nn4)[C@H]3O)cc2Cl)CC1. The van der Waals surface area contributed by atoms with Crippen LogP contribution in [0.25, 0.3) is 16.9 Å². The molecule has 16 heteroatoms. The van der Waals surface area contributed by atoms with Gasteiger partial charge in [-0.1, -0.05) is 16.8 Å². The highest BCUT2D eigenvalue weighted by atomic mass is 35.5. The van der Waals surface area contributed by atoms with Crippen LogP contribution in [0.3, 0.4) is 0 Å². The summed E-state index contributed by atoms with van der Waals surface area (Å²) in [4.78, 5) is 4.45. The van der Waals surface area contributed by atoms with E-state index in [0.29, 0.717) is 10.7 Å². The van der Waals surface area contributed by atoms with E-state index in [1.54, 1.807) is 10.6 Å². The summed E-state index contributed by atoms with van der Waals surface area (Å²) >= 11 is 6.71. The van der Waals surface area contributed by atoms with Crippen molar-refractivity contribution in [1.29, 1.82) is 0 Å². The van der Waals surface area contributed by atoms with Crippen LogP contribution < -0.4 is 4.90 Å². The van der Waals surface area contributed by atoms with Gasteiger partial charge in [0.25, 0.3) is 0 Å². The molecule has 2 aliphatic heterocycles. The predicted molar refractivity (Wildman–Crippen MR) is 152 cm³/mol. The lowest BCUT2D eigenvalue weighted by molar-refractivity contribution is -0.205. The number of rotatable bonds is 7. The molecule has 234 valence electrons. The number of ether oxygens (including phenoxy) is 1. The number of likely N-dealkylation sites (N-methyl/N-ethyl adjacent to an activating group) is 1. The molecule has 6 rings (SSSR count). The molecule has 0 aliphatic carbocycles. The Morgan fingerprint density at radius 1 is 1.00 bits per heavy atom. The molecule has 0 radical (unpaired) electrons. The number of benzene rings is 2. The summed E-state index contributed by atoms with van der Waals surface area (Å²) in [6.07, 6.45) is -2.26. The lowest BCUT2D eigenvalue weighted by Crippen LogP contribution is -2.52. The highest BCUT2D eigenvalue weighted by molar-refractivity contribution is 6.33. The van der Waals surface area contributed by atoms with Crippen molar-refractivity contribution in [2.45, 2.75) is 36.9 Å². The smallest absolute Gasteiger partial charge is 0.194 e. The van der Waals surface area contributed by atoms with Crippen molar-refractivity contribution < 1.29 is 33.2 Å². The molecule has 3 N–H and O–H groups in total. The monoisotopic (exact) mass is 634 g/mol. The lowest BCUT2D eigenvalue weighted by Gasteiger charge is -2.42. The van der Waals surface area contributed by atoms with Crippen molar-refractivity contribution in [3.8, 4) is 16.9 Å². The lowest BCUT2D eigenvalue weighted by atomic mass is 9.90. The Morgan fingerprint density at radius 3 is 2.41 bits per heavy atom. The van der Waals surface area contributed by atoms with Gasteiger partial charge in [-0.3, -0.25) is 4.57 Å². The summed E-state index contributed by atoms with van der Waals surface area (Å²) in [6.45, 7) is 3.17. The minimum atomic E-state index is -1.62. The molecule has 0 unspecified atom stereocenters. The van der Waals surface area contributed by atoms with Crippen LogP contribution in [0, 0.1) is 17.5 Å². The first kappa shape index (κ1) is 30.4. The molecule has 0 spiro atoms. The highest BCUT2D eigenvalue weighted by Crippen LogP contribution is 2.40. The Bertz CT molecular complexity index is 1610. The minimum Gasteiger partial charge on any atom is -0.396 e. The van der Waals surface area contributed by atoms with E-state index in [9.17, 15) is 28.5 Å². The topological polar surface area (TPSA) is 138 Å². The maximum atomic E-state index is 13.9. The van der Waals surface area contributed by atoms with Crippen LogP contribution in [0.15, 0.2) is 42.9 Å². The van der Waals surface area contributed by atoms with E-state index in [0.717, 1.165) is 48.7 Å². The third-order valence-corrected chi connectivity index (χ3v) is 8.41. The van der Waals surface area contributed by atoms with Crippen molar-refractivity contribution >= 4 is 17.3 Å². The normalized spacial score (nSPS) is 24.6. The number of anilines is 1. The zero-order valence-electron chi connectivity index (χ0n) is 23.5. The van der Waals surface area contributed by atoms with E-state index in [1.807, 2.05) is 12.1 Å². The summed E-state index contributed by atoms with van der Waals surface area (Å²) in [5, 5.41) is 49.1. The number of halogens is 4. The molecule has 5 atom stereocenters. The first-order valence-corrected chi connectivity index (χ1v) is 14.4. The predicted octanol–water partition coefficient (Wildman–Crippen LogP) is 2.13. The van der Waals surface area contributed by atoms with Crippen molar-refractivity contribution in [3.63, 3.8) is 0 Å². The fourth-order valence-electron chi connectivity index (χ4n) is 5.69. The second kappa shape index (κ2) is 12.4. The summed E-state index contributed by atoms with van der Waals surface area (Å²) in [6, 6.07) is 5.87. The number of hydrogen-bond donors (Lipinski definition) is 3. The summed E-state index contributed by atoms with van der Waals surface area (Å²) in [5.41, 5.74) is 1.38. The Morgan fingerprint density at radius 2 is 1.73 bits per heavy atom. The molecule has 44 heavy (non-hydrogen) atoms. The van der Waals surface area contributed by atoms with Gasteiger partial charge in [-0.25, -0.2) is 17.9 Å². The summed E-state index contributed by atoms with van der Waals surface area (Å²) in [7, 11) is 2.07. The van der Waals surface area contributed by atoms with Gasteiger partial charge in [0.05, 0.1) is 28.7 Å². The van der Waals surface area contributed by atoms with Gasteiger partial charge in [0.2, 0.25) is 0 Å². The summed E-state index contributed by atoms with van der Waals surface area (Å²) < 4.78 is 50.1. The quantitative estimate of drug-likeness (QED) is 0.259. The molecule has 2 saturated heterocycles. The average molecular weight is 635 g/mol. The molecule has 2 aromatic carbocycles. The van der Waals surface area contributed by atoms with Gasteiger partial charge in [0.1, 0.15) is 36.4 Å². The number of aliphatic hydroxyl groups is 3. The Labute approximate surface area is 254 Å². The number of hydrogen-bond acceptors (Lipinski definition) is 10. The molecule has 2 aromatic heterocycles. The zero-order chi connectivity index (χ0) is 31.1. The largest absolute Gasteiger partial charge is 0.396 e. The van der Waals surface area contributed by atoms with Crippen LogP contribution in [0.4, 0.5) is 18.9 Å². The highest BCUT2D eigenvalue weighted by Gasteiger charge is 2.48. The van der Waals surface area contributed by atoms with Gasteiger partial charge >= 0.3 is 0 Å². The van der Waals surface area contributed by atoms with E-state index >= 15 is 0 Å². The van der Waals surface area contributed by atoms with Crippen molar-refractivity contribution in [2.75, 3.05) is 44.7 Å². The first-order chi connectivity index (χ1) is 21.2. The van der Waals surface area contributed by atoms with E-state index in [-0.39, 0.29) is 30.1 Å². The standard InChI is InChI=1S/C28H30ClF3N8O4/c1-37-5-7-38(8-6-37)21-3-2-16(12-17(21)29)39-14-33-35-28(39)27-26(43)24(25(42)22(44-27)4-9-41)40-13-20(34-36-40)15-10-18(30)23(32)19(31)11-15/h2-3,10-14,22,24-27,41-43H,4-9H2,1H3/t22-,24+,25+,26-,27-/m1/s1. The molecule has 4 aromatic rings. The van der Waals surface area contributed by atoms with Gasteiger partial charge in [-0.15, -0.1) is 15.3 Å². The molecule has 0 bridgehead atoms. The van der Waals surface area contributed by atoms with E-state index in [4.69, 9.17) is 16.3 Å². The van der Waals surface area contributed by atoms with Gasteiger partial charge in [0, 0.05) is 38.3 Å². The molecule has 0 amide bonds. The first-order valence-electron chi connectivity index (χ1n) is 14.0. The van der Waals surface area contributed by atoms with Gasteiger partial charge in [-0.05, 0) is 43.8 Å². The number of aliphatic hydroxyl groups excluding tert-OH is 3.